The van der Waals surface area contributed by atoms with Crippen molar-refractivity contribution in [3.8, 4) is 0 Å². The van der Waals surface area contributed by atoms with Gasteiger partial charge in [-0.1, -0.05) is 4.33 Å². The van der Waals surface area contributed by atoms with Crippen LogP contribution in [0.3, 0.4) is 0 Å². The first kappa shape index (κ1) is 11.4. The Hall–Kier alpha value is -0.700. The van der Waals surface area contributed by atoms with Gasteiger partial charge >= 0.3 is 5.97 Å². The summed E-state index contributed by atoms with van der Waals surface area (Å²) < 4.78 is 24.7. The maximum absolute atomic E-state index is 11.1. The fraction of sp³-hybridized carbons (Fsp3) is 0.833. The maximum atomic E-state index is 11.1. The Morgan fingerprint density at radius 1 is 1.57 bits per heavy atom. The van der Waals surface area contributed by atoms with Crippen LogP contribution in [0.5, 0.6) is 0 Å². The molecule has 1 fully saturated rings. The SMILES string of the molecule is CS(=O)(=O)OOC(=O)C1CCCN1O. The van der Waals surface area contributed by atoms with Gasteiger partial charge in [-0.2, -0.15) is 13.5 Å². The Bertz CT molecular complexity index is 312. The Kier molecular flexibility index (Phi) is 3.43. The van der Waals surface area contributed by atoms with Gasteiger partial charge in [0.05, 0.1) is 6.26 Å². The molecule has 0 bridgehead atoms. The van der Waals surface area contributed by atoms with Gasteiger partial charge in [-0.05, 0) is 12.8 Å². The maximum Gasteiger partial charge on any atom is 0.363 e. The average Bonchev–Trinajstić information content (AvgIpc) is 2.46. The van der Waals surface area contributed by atoms with Gasteiger partial charge in [0.15, 0.2) is 0 Å². The third-order valence-electron chi connectivity index (χ3n) is 1.74. The predicted molar refractivity (Wildman–Crippen MR) is 43.5 cm³/mol. The first-order chi connectivity index (χ1) is 6.40. The van der Waals surface area contributed by atoms with Gasteiger partial charge in [0.1, 0.15) is 6.04 Å². The van der Waals surface area contributed by atoms with Crippen molar-refractivity contribution in [1.29, 1.82) is 0 Å². The van der Waals surface area contributed by atoms with Crippen molar-refractivity contribution in [3.05, 3.63) is 0 Å². The summed E-state index contributed by atoms with van der Waals surface area (Å²) in [5.41, 5.74) is 0. The largest absolute Gasteiger partial charge is 0.363 e. The Morgan fingerprint density at radius 3 is 2.64 bits per heavy atom. The summed E-state index contributed by atoms with van der Waals surface area (Å²) in [6.07, 6.45) is 1.82. The Morgan fingerprint density at radius 2 is 2.21 bits per heavy atom. The normalized spacial score (nSPS) is 23.7. The van der Waals surface area contributed by atoms with Gasteiger partial charge in [0.25, 0.3) is 10.1 Å². The van der Waals surface area contributed by atoms with Crippen molar-refractivity contribution in [1.82, 2.24) is 5.06 Å². The molecule has 1 atom stereocenters. The highest BCUT2D eigenvalue weighted by molar-refractivity contribution is 7.85. The highest BCUT2D eigenvalue weighted by atomic mass is 32.2. The molecule has 82 valence electrons. The van der Waals surface area contributed by atoms with Crippen molar-refractivity contribution in [2.24, 2.45) is 0 Å². The van der Waals surface area contributed by atoms with E-state index in [1.54, 1.807) is 0 Å². The summed E-state index contributed by atoms with van der Waals surface area (Å²) in [5.74, 6) is -0.907. The number of nitrogens with zero attached hydrogens (tertiary/aromatic N) is 1. The van der Waals surface area contributed by atoms with E-state index in [4.69, 9.17) is 5.21 Å². The first-order valence-corrected chi connectivity index (χ1v) is 5.77. The average molecular weight is 225 g/mol. The van der Waals surface area contributed by atoms with E-state index in [9.17, 15) is 13.2 Å². The number of hydrogen-bond acceptors (Lipinski definition) is 7. The minimum Gasteiger partial charge on any atom is -0.313 e. The lowest BCUT2D eigenvalue weighted by molar-refractivity contribution is -0.226. The fourth-order valence-corrected chi connectivity index (χ4v) is 1.33. The van der Waals surface area contributed by atoms with Crippen molar-refractivity contribution >= 4 is 16.1 Å². The standard InChI is InChI=1S/C6H11NO6S/c1-14(10,11)13-12-6(8)5-3-2-4-7(5)9/h5,9H,2-4H2,1H3. The zero-order valence-electron chi connectivity index (χ0n) is 7.54. The van der Waals surface area contributed by atoms with Crippen LogP contribution in [0.4, 0.5) is 0 Å². The molecule has 0 aliphatic carbocycles. The zero-order chi connectivity index (χ0) is 10.8. The van der Waals surface area contributed by atoms with Gasteiger partial charge < -0.3 is 5.21 Å². The number of hydrogen-bond donors (Lipinski definition) is 1. The van der Waals surface area contributed by atoms with E-state index in [0.29, 0.717) is 19.4 Å². The molecule has 1 heterocycles. The third-order valence-corrected chi connectivity index (χ3v) is 2.05. The van der Waals surface area contributed by atoms with Crippen LogP contribution in [0.1, 0.15) is 12.8 Å². The van der Waals surface area contributed by atoms with Gasteiger partial charge in [-0.25, -0.2) is 4.79 Å². The van der Waals surface area contributed by atoms with E-state index >= 15 is 0 Å². The molecule has 0 aromatic heterocycles. The summed E-state index contributed by atoms with van der Waals surface area (Å²) in [7, 11) is -3.81. The number of carbonyl (C=O) groups is 1. The van der Waals surface area contributed by atoms with E-state index in [2.05, 4.69) is 9.22 Å². The molecular formula is C6H11NO6S. The second-order valence-electron chi connectivity index (χ2n) is 3.00. The van der Waals surface area contributed by atoms with Crippen LogP contribution in [0.15, 0.2) is 0 Å². The molecule has 1 aliphatic rings. The number of hydroxylamine groups is 2. The summed E-state index contributed by atoms with van der Waals surface area (Å²) in [5, 5.41) is 9.92. The van der Waals surface area contributed by atoms with Gasteiger partial charge in [0.2, 0.25) is 0 Å². The van der Waals surface area contributed by atoms with Crippen molar-refractivity contribution in [2.45, 2.75) is 18.9 Å². The quantitative estimate of drug-likeness (QED) is 0.500. The molecule has 0 spiro atoms. The Balaban J connectivity index is 2.42. The zero-order valence-corrected chi connectivity index (χ0v) is 8.36. The van der Waals surface area contributed by atoms with Crippen molar-refractivity contribution in [2.75, 3.05) is 12.8 Å². The lowest BCUT2D eigenvalue weighted by atomic mass is 10.2. The van der Waals surface area contributed by atoms with Crippen LogP contribution in [0, 0.1) is 0 Å². The fourth-order valence-electron chi connectivity index (χ4n) is 1.14. The molecule has 8 heteroatoms. The lowest BCUT2D eigenvalue weighted by Gasteiger charge is -2.13. The molecule has 0 radical (unpaired) electrons. The second-order valence-corrected chi connectivity index (χ2v) is 4.54. The molecular weight excluding hydrogens is 214 g/mol. The molecule has 1 rings (SSSR count). The molecule has 0 amide bonds. The minimum absolute atomic E-state index is 0.360. The van der Waals surface area contributed by atoms with Crippen LogP contribution in [0.2, 0.25) is 0 Å². The molecule has 14 heavy (non-hydrogen) atoms. The molecule has 1 saturated heterocycles. The van der Waals surface area contributed by atoms with Crippen LogP contribution >= 0.6 is 0 Å². The lowest BCUT2D eigenvalue weighted by Crippen LogP contribution is -2.35. The number of rotatable bonds is 3. The highest BCUT2D eigenvalue weighted by Crippen LogP contribution is 2.15. The Labute approximate surface area is 81.2 Å². The van der Waals surface area contributed by atoms with Gasteiger partial charge in [-0.3, -0.25) is 4.89 Å². The molecule has 7 nitrogen and oxygen atoms in total. The third kappa shape index (κ3) is 3.22. The summed E-state index contributed by atoms with van der Waals surface area (Å²) in [6, 6.07) is -0.836. The second kappa shape index (κ2) is 4.22. The van der Waals surface area contributed by atoms with Crippen LogP contribution in [-0.4, -0.2) is 43.5 Å². The van der Waals surface area contributed by atoms with E-state index in [1.807, 2.05) is 0 Å². The molecule has 0 aromatic carbocycles. The van der Waals surface area contributed by atoms with Crippen LogP contribution in [0.25, 0.3) is 0 Å². The van der Waals surface area contributed by atoms with E-state index in [-0.39, 0.29) is 0 Å². The minimum atomic E-state index is -3.81. The van der Waals surface area contributed by atoms with E-state index < -0.39 is 22.1 Å². The summed E-state index contributed by atoms with van der Waals surface area (Å²) >= 11 is 0. The van der Waals surface area contributed by atoms with Crippen LogP contribution in [-0.2, 0) is 24.1 Å². The molecule has 1 unspecified atom stereocenters. The van der Waals surface area contributed by atoms with Crippen molar-refractivity contribution < 1.29 is 27.6 Å². The molecule has 1 aliphatic heterocycles. The summed E-state index contributed by atoms with van der Waals surface area (Å²) in [4.78, 5) is 15.1. The van der Waals surface area contributed by atoms with Crippen LogP contribution < -0.4 is 0 Å². The molecule has 0 aromatic rings. The highest BCUT2D eigenvalue weighted by Gasteiger charge is 2.32. The van der Waals surface area contributed by atoms with Gasteiger partial charge in [-0.15, -0.1) is 0 Å². The topological polar surface area (TPSA) is 93.1 Å². The molecule has 0 saturated carbocycles. The predicted octanol–water partition coefficient (Wildman–Crippen LogP) is -0.726. The smallest absolute Gasteiger partial charge is 0.313 e. The van der Waals surface area contributed by atoms with Crippen molar-refractivity contribution in [3.63, 3.8) is 0 Å². The van der Waals surface area contributed by atoms with Gasteiger partial charge in [0, 0.05) is 6.54 Å². The number of carbonyl (C=O) groups excluding carboxylic acids is 1. The van der Waals surface area contributed by atoms with E-state index in [0.717, 1.165) is 11.3 Å². The molecule has 1 N–H and O–H groups in total. The van der Waals surface area contributed by atoms with E-state index in [1.165, 1.54) is 0 Å². The monoisotopic (exact) mass is 225 g/mol. The first-order valence-electron chi connectivity index (χ1n) is 3.95. The summed E-state index contributed by atoms with van der Waals surface area (Å²) in [6.45, 7) is 0.360.